The summed E-state index contributed by atoms with van der Waals surface area (Å²) in [6.45, 7) is 5.22. The van der Waals surface area contributed by atoms with Crippen molar-refractivity contribution in [1.82, 2.24) is 10.6 Å². The summed E-state index contributed by atoms with van der Waals surface area (Å²) in [7, 11) is 0. The molecule has 0 aromatic heterocycles. The Morgan fingerprint density at radius 3 is 3.00 bits per heavy atom. The van der Waals surface area contributed by atoms with Crippen LogP contribution in [0.15, 0.2) is 0 Å². The number of nitrogens with one attached hydrogen (secondary N) is 2. The predicted molar refractivity (Wildman–Crippen MR) is 53.4 cm³/mol. The van der Waals surface area contributed by atoms with Gasteiger partial charge < -0.3 is 10.6 Å². The molecule has 1 heterocycles. The van der Waals surface area contributed by atoms with Crippen LogP contribution in [-0.4, -0.2) is 25.0 Å². The monoisotopic (exact) mass is 195 g/mol. The molecule has 4 nitrogen and oxygen atoms in total. The van der Waals surface area contributed by atoms with Crippen LogP contribution in [-0.2, 0) is 4.79 Å². The number of hydrogen-bond acceptors (Lipinski definition) is 3. The Bertz CT molecular complexity index is 246. The lowest BCUT2D eigenvalue weighted by Gasteiger charge is -2.15. The van der Waals surface area contributed by atoms with Gasteiger partial charge in [-0.05, 0) is 25.8 Å². The molecule has 0 aromatic carbocycles. The molecule has 0 bridgehead atoms. The average molecular weight is 195 g/mol. The van der Waals surface area contributed by atoms with Crippen LogP contribution < -0.4 is 10.6 Å². The Morgan fingerprint density at radius 1 is 1.79 bits per heavy atom. The smallest absolute Gasteiger partial charge is 0.237 e. The third kappa shape index (κ3) is 2.71. The first-order valence-electron chi connectivity index (χ1n) is 5.06. The van der Waals surface area contributed by atoms with E-state index in [0.717, 1.165) is 13.0 Å². The lowest BCUT2D eigenvalue weighted by Crippen LogP contribution is -2.44. The van der Waals surface area contributed by atoms with E-state index in [1.54, 1.807) is 6.92 Å². The van der Waals surface area contributed by atoms with Gasteiger partial charge in [-0.3, -0.25) is 4.79 Å². The van der Waals surface area contributed by atoms with E-state index in [9.17, 15) is 4.79 Å². The number of nitrogens with zero attached hydrogens (tertiary/aromatic N) is 1. The van der Waals surface area contributed by atoms with E-state index in [1.807, 2.05) is 0 Å². The van der Waals surface area contributed by atoms with E-state index >= 15 is 0 Å². The summed E-state index contributed by atoms with van der Waals surface area (Å²) in [5.74, 6) is 0.306. The fraction of sp³-hybridized carbons (Fsp3) is 0.800. The minimum absolute atomic E-state index is 0.0251. The fourth-order valence-electron chi connectivity index (χ4n) is 1.59. The number of nitriles is 1. The van der Waals surface area contributed by atoms with Gasteiger partial charge in [-0.2, -0.15) is 5.26 Å². The molecule has 1 aliphatic rings. The predicted octanol–water partition coefficient (Wildman–Crippen LogP) is 0.260. The summed E-state index contributed by atoms with van der Waals surface area (Å²) in [5.41, 5.74) is 0. The second-order valence-electron chi connectivity index (χ2n) is 3.97. The Kier molecular flexibility index (Phi) is 3.90. The van der Waals surface area contributed by atoms with Crippen molar-refractivity contribution in [3.8, 4) is 6.07 Å². The minimum Gasteiger partial charge on any atom is -0.353 e. The highest BCUT2D eigenvalue weighted by molar-refractivity contribution is 5.82. The van der Waals surface area contributed by atoms with Gasteiger partial charge >= 0.3 is 0 Å². The third-order valence-corrected chi connectivity index (χ3v) is 2.62. The van der Waals surface area contributed by atoms with E-state index in [0.29, 0.717) is 12.5 Å². The van der Waals surface area contributed by atoms with E-state index in [1.165, 1.54) is 0 Å². The van der Waals surface area contributed by atoms with E-state index in [4.69, 9.17) is 5.26 Å². The molecule has 3 unspecified atom stereocenters. The molecule has 78 valence electrons. The maximum atomic E-state index is 11.6. The summed E-state index contributed by atoms with van der Waals surface area (Å²) in [5, 5.41) is 14.5. The first-order valence-corrected chi connectivity index (χ1v) is 5.06. The molecule has 0 aliphatic carbocycles. The van der Waals surface area contributed by atoms with Crippen LogP contribution >= 0.6 is 0 Å². The molecular weight excluding hydrogens is 178 g/mol. The van der Waals surface area contributed by atoms with Crippen LogP contribution in [0, 0.1) is 23.2 Å². The highest BCUT2D eigenvalue weighted by Crippen LogP contribution is 2.14. The van der Waals surface area contributed by atoms with Crippen LogP contribution in [0.1, 0.15) is 20.3 Å². The minimum atomic E-state index is -0.115. The normalized spacial score (nSPS) is 28.1. The number of hydrogen-bond donors (Lipinski definition) is 2. The van der Waals surface area contributed by atoms with Crippen molar-refractivity contribution in [2.75, 3.05) is 13.1 Å². The molecule has 14 heavy (non-hydrogen) atoms. The molecule has 1 aliphatic heterocycles. The summed E-state index contributed by atoms with van der Waals surface area (Å²) >= 11 is 0. The highest BCUT2D eigenvalue weighted by atomic mass is 16.2. The van der Waals surface area contributed by atoms with E-state index < -0.39 is 0 Å². The van der Waals surface area contributed by atoms with Crippen LogP contribution in [0.2, 0.25) is 0 Å². The Labute approximate surface area is 84.7 Å². The van der Waals surface area contributed by atoms with Crippen molar-refractivity contribution in [3.63, 3.8) is 0 Å². The second kappa shape index (κ2) is 4.97. The molecule has 0 spiro atoms. The molecule has 1 rings (SSSR count). The molecule has 1 saturated heterocycles. The van der Waals surface area contributed by atoms with Gasteiger partial charge in [-0.25, -0.2) is 0 Å². The zero-order valence-corrected chi connectivity index (χ0v) is 8.71. The Balaban J connectivity index is 2.32. The van der Waals surface area contributed by atoms with Crippen molar-refractivity contribution in [2.24, 2.45) is 11.8 Å². The van der Waals surface area contributed by atoms with E-state index in [-0.39, 0.29) is 17.9 Å². The zero-order valence-electron chi connectivity index (χ0n) is 8.71. The summed E-state index contributed by atoms with van der Waals surface area (Å²) in [4.78, 5) is 11.6. The van der Waals surface area contributed by atoms with Crippen molar-refractivity contribution >= 4 is 5.91 Å². The third-order valence-electron chi connectivity index (χ3n) is 2.62. The fourth-order valence-corrected chi connectivity index (χ4v) is 1.59. The van der Waals surface area contributed by atoms with E-state index in [2.05, 4.69) is 23.6 Å². The molecule has 1 fully saturated rings. The zero-order chi connectivity index (χ0) is 10.6. The standard InChI is InChI=1S/C10H17N3O/c1-7(5-11)6-13-10(14)9-8(2)3-4-12-9/h7-9,12H,3-4,6H2,1-2H3,(H,13,14). The van der Waals surface area contributed by atoms with Crippen LogP contribution in [0.5, 0.6) is 0 Å². The molecule has 0 radical (unpaired) electrons. The molecule has 0 saturated carbocycles. The van der Waals surface area contributed by atoms with Gasteiger partial charge in [-0.1, -0.05) is 6.92 Å². The number of amides is 1. The second-order valence-corrected chi connectivity index (χ2v) is 3.97. The number of rotatable bonds is 3. The first kappa shape index (κ1) is 11.0. The van der Waals surface area contributed by atoms with Gasteiger partial charge in [0, 0.05) is 6.54 Å². The molecule has 2 N–H and O–H groups in total. The first-order chi connectivity index (χ1) is 6.65. The maximum Gasteiger partial charge on any atom is 0.237 e. The topological polar surface area (TPSA) is 64.9 Å². The molecule has 4 heteroatoms. The van der Waals surface area contributed by atoms with Crippen molar-refractivity contribution in [1.29, 1.82) is 5.26 Å². The summed E-state index contributed by atoms with van der Waals surface area (Å²) in [6, 6.07) is 2.02. The van der Waals surface area contributed by atoms with Crippen LogP contribution in [0.3, 0.4) is 0 Å². The lowest BCUT2D eigenvalue weighted by molar-refractivity contribution is -0.123. The molecule has 3 atom stereocenters. The quantitative estimate of drug-likeness (QED) is 0.679. The van der Waals surface area contributed by atoms with Gasteiger partial charge in [0.15, 0.2) is 0 Å². The van der Waals surface area contributed by atoms with Gasteiger partial charge in [0.2, 0.25) is 5.91 Å². The summed E-state index contributed by atoms with van der Waals surface area (Å²) in [6.07, 6.45) is 1.05. The number of carbonyl (C=O) groups excluding carboxylic acids is 1. The van der Waals surface area contributed by atoms with Gasteiger partial charge in [0.05, 0.1) is 18.0 Å². The van der Waals surface area contributed by atoms with Crippen molar-refractivity contribution in [3.05, 3.63) is 0 Å². The van der Waals surface area contributed by atoms with Crippen molar-refractivity contribution < 1.29 is 4.79 Å². The molecule has 0 aromatic rings. The van der Waals surface area contributed by atoms with Crippen LogP contribution in [0.25, 0.3) is 0 Å². The SMILES string of the molecule is CC(C#N)CNC(=O)C1NCCC1C. The maximum absolute atomic E-state index is 11.6. The van der Waals surface area contributed by atoms with Crippen LogP contribution in [0.4, 0.5) is 0 Å². The lowest BCUT2D eigenvalue weighted by atomic mass is 10.0. The van der Waals surface area contributed by atoms with Crippen molar-refractivity contribution in [2.45, 2.75) is 26.3 Å². The molecule has 1 amide bonds. The largest absolute Gasteiger partial charge is 0.353 e. The average Bonchev–Trinajstić information content (AvgIpc) is 2.60. The van der Waals surface area contributed by atoms with Gasteiger partial charge in [-0.15, -0.1) is 0 Å². The van der Waals surface area contributed by atoms with Gasteiger partial charge in [0.25, 0.3) is 0 Å². The molecular formula is C10H17N3O. The summed E-state index contributed by atoms with van der Waals surface area (Å²) < 4.78 is 0. The Hall–Kier alpha value is -1.08. The Morgan fingerprint density at radius 2 is 2.50 bits per heavy atom. The number of carbonyl (C=O) groups is 1. The van der Waals surface area contributed by atoms with Gasteiger partial charge in [0.1, 0.15) is 0 Å². The highest BCUT2D eigenvalue weighted by Gasteiger charge is 2.28.